The summed E-state index contributed by atoms with van der Waals surface area (Å²) in [6.07, 6.45) is 1.78. The molecule has 3 rings (SSSR count). The molecule has 1 heterocycles. The molecule has 2 aromatic carbocycles. The first kappa shape index (κ1) is 17.5. The number of hydrogen-bond acceptors (Lipinski definition) is 3. The Labute approximate surface area is 156 Å². The number of halogens is 1. The highest BCUT2D eigenvalue weighted by Crippen LogP contribution is 2.27. The van der Waals surface area contributed by atoms with Crippen LogP contribution in [0.1, 0.15) is 22.3 Å². The van der Waals surface area contributed by atoms with Crippen molar-refractivity contribution in [1.82, 2.24) is 10.6 Å². The lowest BCUT2D eigenvalue weighted by molar-refractivity contribution is -0.115. The Morgan fingerprint density at radius 2 is 1.76 bits per heavy atom. The lowest BCUT2D eigenvalue weighted by atomic mass is 10.0. The zero-order chi connectivity index (χ0) is 18.0. The number of benzene rings is 2. The van der Waals surface area contributed by atoms with Crippen molar-refractivity contribution in [3.8, 4) is 5.75 Å². The molecule has 1 aliphatic heterocycles. The number of nitrogens with one attached hydrogen (secondary N) is 2. The van der Waals surface area contributed by atoms with Gasteiger partial charge in [-0.3, -0.25) is 10.1 Å². The third-order valence-electron chi connectivity index (χ3n) is 3.81. The first-order valence-electron chi connectivity index (χ1n) is 7.75. The largest absolute Gasteiger partial charge is 0.488 e. The van der Waals surface area contributed by atoms with Crippen LogP contribution >= 0.6 is 23.8 Å². The van der Waals surface area contributed by atoms with Crippen molar-refractivity contribution in [2.75, 3.05) is 0 Å². The van der Waals surface area contributed by atoms with Crippen LogP contribution in [-0.4, -0.2) is 11.0 Å². The van der Waals surface area contributed by atoms with Crippen LogP contribution in [-0.2, 0) is 11.4 Å². The monoisotopic (exact) mass is 372 g/mol. The molecule has 0 radical (unpaired) electrons. The molecule has 0 spiro atoms. The molecule has 2 aromatic rings. The van der Waals surface area contributed by atoms with E-state index in [1.54, 1.807) is 6.08 Å². The average molecular weight is 373 g/mol. The summed E-state index contributed by atoms with van der Waals surface area (Å²) in [6, 6.07) is 11.5. The quantitative estimate of drug-likeness (QED) is 0.631. The van der Waals surface area contributed by atoms with Gasteiger partial charge in [0.1, 0.15) is 18.1 Å². The maximum absolute atomic E-state index is 11.7. The molecule has 6 heteroatoms. The average Bonchev–Trinajstić information content (AvgIpc) is 2.86. The second-order valence-corrected chi connectivity index (χ2v) is 6.71. The molecule has 0 unspecified atom stereocenters. The van der Waals surface area contributed by atoms with E-state index in [1.807, 2.05) is 50.2 Å². The maximum Gasteiger partial charge on any atom is 0.273 e. The molecule has 1 fully saturated rings. The minimum Gasteiger partial charge on any atom is -0.488 e. The van der Waals surface area contributed by atoms with E-state index in [0.717, 1.165) is 28.0 Å². The highest BCUT2D eigenvalue weighted by Gasteiger charge is 2.20. The second-order valence-electron chi connectivity index (χ2n) is 5.87. The van der Waals surface area contributed by atoms with Gasteiger partial charge in [-0.15, -0.1) is 0 Å². The van der Waals surface area contributed by atoms with E-state index in [0.29, 0.717) is 22.4 Å². The zero-order valence-corrected chi connectivity index (χ0v) is 15.4. The number of ether oxygens (including phenoxy) is 1. The van der Waals surface area contributed by atoms with Gasteiger partial charge in [0.15, 0.2) is 5.11 Å². The van der Waals surface area contributed by atoms with Crippen molar-refractivity contribution >= 4 is 40.9 Å². The summed E-state index contributed by atoms with van der Waals surface area (Å²) in [4.78, 5) is 11.7. The summed E-state index contributed by atoms with van der Waals surface area (Å²) in [5.74, 6) is 0.625. The van der Waals surface area contributed by atoms with E-state index in [9.17, 15) is 4.79 Å². The van der Waals surface area contributed by atoms with Crippen molar-refractivity contribution in [2.45, 2.75) is 20.5 Å². The Kier molecular flexibility index (Phi) is 5.06. The predicted molar refractivity (Wildman–Crippen MR) is 104 cm³/mol. The Hall–Kier alpha value is -2.37. The van der Waals surface area contributed by atoms with E-state index in [4.69, 9.17) is 28.6 Å². The van der Waals surface area contributed by atoms with Gasteiger partial charge < -0.3 is 10.1 Å². The molecule has 4 nitrogen and oxygen atoms in total. The third kappa shape index (κ3) is 4.18. The fourth-order valence-corrected chi connectivity index (χ4v) is 3.01. The smallest absolute Gasteiger partial charge is 0.273 e. The number of thiocarbonyl (C=S) groups is 1. The molecule has 0 atom stereocenters. The first-order valence-corrected chi connectivity index (χ1v) is 8.53. The van der Waals surface area contributed by atoms with Gasteiger partial charge in [-0.05, 0) is 78.7 Å². The normalized spacial score (nSPS) is 15.2. The highest BCUT2D eigenvalue weighted by molar-refractivity contribution is 7.80. The topological polar surface area (TPSA) is 50.4 Å². The van der Waals surface area contributed by atoms with Gasteiger partial charge in [0.05, 0.1) is 0 Å². The summed E-state index contributed by atoms with van der Waals surface area (Å²) >= 11 is 10.8. The predicted octanol–water partition coefficient (Wildman–Crippen LogP) is 3.88. The van der Waals surface area contributed by atoms with E-state index in [-0.39, 0.29) is 5.91 Å². The molecule has 2 N–H and O–H groups in total. The molecule has 128 valence electrons. The number of carbonyl (C=O) groups is 1. The van der Waals surface area contributed by atoms with Crippen LogP contribution in [0.15, 0.2) is 42.1 Å². The zero-order valence-electron chi connectivity index (χ0n) is 13.9. The van der Waals surface area contributed by atoms with Crippen LogP contribution in [0.2, 0.25) is 5.02 Å². The summed E-state index contributed by atoms with van der Waals surface area (Å²) in [5, 5.41) is 6.43. The van der Waals surface area contributed by atoms with E-state index in [2.05, 4.69) is 10.6 Å². The van der Waals surface area contributed by atoms with E-state index >= 15 is 0 Å². The summed E-state index contributed by atoms with van der Waals surface area (Å²) in [6.45, 7) is 4.44. The highest BCUT2D eigenvalue weighted by atomic mass is 35.5. The molecular formula is C19H17ClN2O2S. The molecule has 1 saturated heterocycles. The molecule has 0 aromatic heterocycles. The molecule has 25 heavy (non-hydrogen) atoms. The van der Waals surface area contributed by atoms with Crippen LogP contribution in [0.5, 0.6) is 5.75 Å². The Bertz CT molecular complexity index is 852. The van der Waals surface area contributed by atoms with Gasteiger partial charge in [0, 0.05) is 5.02 Å². The van der Waals surface area contributed by atoms with Gasteiger partial charge in [0.25, 0.3) is 5.91 Å². The summed E-state index contributed by atoms with van der Waals surface area (Å²) < 4.78 is 5.98. The van der Waals surface area contributed by atoms with Crippen molar-refractivity contribution in [3.63, 3.8) is 0 Å². The van der Waals surface area contributed by atoms with Gasteiger partial charge in [-0.25, -0.2) is 0 Å². The van der Waals surface area contributed by atoms with Crippen LogP contribution in [0.3, 0.4) is 0 Å². The van der Waals surface area contributed by atoms with Crippen molar-refractivity contribution < 1.29 is 9.53 Å². The third-order valence-corrected chi connectivity index (χ3v) is 4.27. The van der Waals surface area contributed by atoms with Crippen molar-refractivity contribution in [1.29, 1.82) is 0 Å². The minimum absolute atomic E-state index is 0.219. The summed E-state index contributed by atoms with van der Waals surface area (Å²) in [7, 11) is 0. The molecule has 1 aliphatic rings. The maximum atomic E-state index is 11.7. The van der Waals surface area contributed by atoms with Crippen LogP contribution < -0.4 is 15.4 Å². The Morgan fingerprint density at radius 1 is 1.12 bits per heavy atom. The Morgan fingerprint density at radius 3 is 2.32 bits per heavy atom. The minimum atomic E-state index is -0.219. The fourth-order valence-electron chi connectivity index (χ4n) is 2.68. The van der Waals surface area contributed by atoms with Gasteiger partial charge in [-0.2, -0.15) is 0 Å². The lowest BCUT2D eigenvalue weighted by Gasteiger charge is -2.13. The van der Waals surface area contributed by atoms with Crippen molar-refractivity contribution in [2.24, 2.45) is 0 Å². The number of carbonyl (C=O) groups excluding carboxylic acids is 1. The molecule has 1 amide bonds. The first-order chi connectivity index (χ1) is 11.9. The standard InChI is InChI=1S/C19H17ClN2O2S/c1-11-7-14(9-16-18(23)22-19(25)21-16)8-12(2)17(11)24-10-13-3-5-15(20)6-4-13/h3-9H,10H2,1-2H3,(H2,21,22,23,25)/b16-9+. The molecule has 0 aliphatic carbocycles. The van der Waals surface area contributed by atoms with E-state index < -0.39 is 0 Å². The SMILES string of the molecule is Cc1cc(/C=C2/NC(=S)NC2=O)cc(C)c1OCc1ccc(Cl)cc1. The molecule has 0 bridgehead atoms. The number of amides is 1. The number of rotatable bonds is 4. The van der Waals surface area contributed by atoms with E-state index in [1.165, 1.54) is 0 Å². The van der Waals surface area contributed by atoms with Crippen molar-refractivity contribution in [3.05, 3.63) is 69.4 Å². The van der Waals surface area contributed by atoms with Crippen LogP contribution in [0.4, 0.5) is 0 Å². The van der Waals surface area contributed by atoms with Gasteiger partial charge in [-0.1, -0.05) is 23.7 Å². The Balaban J connectivity index is 1.78. The van der Waals surface area contributed by atoms with Gasteiger partial charge >= 0.3 is 0 Å². The van der Waals surface area contributed by atoms with Crippen LogP contribution in [0.25, 0.3) is 6.08 Å². The van der Waals surface area contributed by atoms with Crippen LogP contribution in [0, 0.1) is 13.8 Å². The lowest BCUT2D eigenvalue weighted by Crippen LogP contribution is -2.21. The second kappa shape index (κ2) is 7.25. The van der Waals surface area contributed by atoms with Gasteiger partial charge in [0.2, 0.25) is 0 Å². The summed E-state index contributed by atoms with van der Waals surface area (Å²) in [5.41, 5.74) is 4.41. The fraction of sp³-hybridized carbons (Fsp3) is 0.158. The number of hydrogen-bond donors (Lipinski definition) is 2. The number of aryl methyl sites for hydroxylation is 2. The molecule has 0 saturated carbocycles. The molecular weight excluding hydrogens is 356 g/mol.